The molecular weight excluding hydrogens is 309 g/mol. The summed E-state index contributed by atoms with van der Waals surface area (Å²) in [4.78, 5) is 4.37. The smallest absolute Gasteiger partial charge is 0.201 e. The van der Waals surface area contributed by atoms with Crippen molar-refractivity contribution in [2.75, 3.05) is 5.73 Å². The monoisotopic (exact) mass is 325 g/mol. The molecule has 0 radical (unpaired) electrons. The second-order valence-electron chi connectivity index (χ2n) is 5.99. The minimum atomic E-state index is -0.274. The molecular formula is C14H17BrFN3. The summed E-state index contributed by atoms with van der Waals surface area (Å²) in [5, 5.41) is 0. The number of imidazole rings is 1. The van der Waals surface area contributed by atoms with Crippen molar-refractivity contribution < 1.29 is 4.39 Å². The van der Waals surface area contributed by atoms with Crippen molar-refractivity contribution >= 4 is 32.9 Å². The average Bonchev–Trinajstić information content (AvgIpc) is 2.79. The normalized spacial score (nSPS) is 22.2. The van der Waals surface area contributed by atoms with Gasteiger partial charge in [0.05, 0.1) is 15.5 Å². The number of nitrogens with two attached hydrogens (primary N) is 1. The van der Waals surface area contributed by atoms with Crippen molar-refractivity contribution in [1.29, 1.82) is 0 Å². The van der Waals surface area contributed by atoms with Gasteiger partial charge in [0, 0.05) is 12.1 Å². The van der Waals surface area contributed by atoms with Crippen LogP contribution in [-0.2, 0) is 0 Å². The second kappa shape index (κ2) is 4.20. The Morgan fingerprint density at radius 3 is 2.84 bits per heavy atom. The molecule has 19 heavy (non-hydrogen) atoms. The van der Waals surface area contributed by atoms with Crippen molar-refractivity contribution in [2.45, 2.75) is 39.2 Å². The van der Waals surface area contributed by atoms with Crippen LogP contribution in [0.15, 0.2) is 16.6 Å². The first kappa shape index (κ1) is 12.9. The molecule has 1 heterocycles. The molecule has 1 aromatic heterocycles. The lowest BCUT2D eigenvalue weighted by molar-refractivity contribution is 0.268. The Morgan fingerprint density at radius 2 is 2.21 bits per heavy atom. The number of fused-ring (bicyclic) bond motifs is 1. The van der Waals surface area contributed by atoms with E-state index in [0.717, 1.165) is 23.9 Å². The molecule has 1 atom stereocenters. The summed E-state index contributed by atoms with van der Waals surface area (Å²) >= 11 is 3.19. The summed E-state index contributed by atoms with van der Waals surface area (Å²) in [6, 6.07) is 3.51. The highest BCUT2D eigenvalue weighted by Crippen LogP contribution is 2.48. The van der Waals surface area contributed by atoms with Gasteiger partial charge in [0.25, 0.3) is 0 Å². The summed E-state index contributed by atoms with van der Waals surface area (Å²) < 4.78 is 16.2. The van der Waals surface area contributed by atoms with Crippen molar-refractivity contribution in [3.63, 3.8) is 0 Å². The second-order valence-corrected chi connectivity index (χ2v) is 6.85. The van der Waals surface area contributed by atoms with Crippen LogP contribution in [0.5, 0.6) is 0 Å². The van der Waals surface area contributed by atoms with Gasteiger partial charge in [-0.1, -0.05) is 20.3 Å². The molecule has 0 saturated heterocycles. The van der Waals surface area contributed by atoms with Gasteiger partial charge in [0.15, 0.2) is 0 Å². The fraction of sp³-hybridized carbons (Fsp3) is 0.500. The number of nitrogen functional groups attached to an aromatic ring is 1. The minimum absolute atomic E-state index is 0.172. The van der Waals surface area contributed by atoms with E-state index in [2.05, 4.69) is 34.8 Å². The molecule has 3 nitrogen and oxygen atoms in total. The highest BCUT2D eigenvalue weighted by molar-refractivity contribution is 9.10. The Kier molecular flexibility index (Phi) is 2.85. The van der Waals surface area contributed by atoms with E-state index in [4.69, 9.17) is 5.73 Å². The van der Waals surface area contributed by atoms with Crippen LogP contribution in [0.4, 0.5) is 10.3 Å². The lowest BCUT2D eigenvalue weighted by Crippen LogP contribution is -2.22. The van der Waals surface area contributed by atoms with E-state index in [1.165, 1.54) is 12.5 Å². The van der Waals surface area contributed by atoms with Gasteiger partial charge in [-0.3, -0.25) is 0 Å². The van der Waals surface area contributed by atoms with Crippen molar-refractivity contribution in [3.8, 4) is 0 Å². The largest absolute Gasteiger partial charge is 0.369 e. The van der Waals surface area contributed by atoms with Crippen LogP contribution in [-0.4, -0.2) is 9.55 Å². The average molecular weight is 326 g/mol. The quantitative estimate of drug-likeness (QED) is 0.850. The van der Waals surface area contributed by atoms with Crippen molar-refractivity contribution in [2.24, 2.45) is 5.41 Å². The number of hydrogen-bond donors (Lipinski definition) is 1. The lowest BCUT2D eigenvalue weighted by Gasteiger charge is -2.29. The van der Waals surface area contributed by atoms with Gasteiger partial charge in [-0.15, -0.1) is 0 Å². The maximum atomic E-state index is 13.8. The van der Waals surface area contributed by atoms with Crippen LogP contribution in [0.25, 0.3) is 11.0 Å². The third kappa shape index (κ3) is 1.95. The number of rotatable bonds is 1. The third-order valence-electron chi connectivity index (χ3n) is 4.27. The van der Waals surface area contributed by atoms with Crippen LogP contribution in [0, 0.1) is 11.2 Å². The molecule has 102 valence electrons. The first-order valence-corrected chi connectivity index (χ1v) is 7.32. The zero-order valence-electron chi connectivity index (χ0n) is 11.1. The zero-order chi connectivity index (χ0) is 13.8. The Bertz CT molecular complexity index is 648. The van der Waals surface area contributed by atoms with Crippen LogP contribution >= 0.6 is 15.9 Å². The van der Waals surface area contributed by atoms with E-state index < -0.39 is 0 Å². The molecule has 1 aliphatic carbocycles. The number of halogens is 2. The Hall–Kier alpha value is -1.10. The summed E-state index contributed by atoms with van der Waals surface area (Å²) in [6.07, 6.45) is 3.41. The summed E-state index contributed by atoms with van der Waals surface area (Å²) in [6.45, 7) is 4.48. The van der Waals surface area contributed by atoms with Gasteiger partial charge in [0.1, 0.15) is 5.82 Å². The number of nitrogens with zero attached hydrogens (tertiary/aromatic N) is 2. The van der Waals surface area contributed by atoms with E-state index >= 15 is 0 Å². The van der Waals surface area contributed by atoms with Crippen LogP contribution < -0.4 is 5.73 Å². The SMILES string of the molecule is CC1(C)CCCC1n1c(N)nc2cc(Br)c(F)cc21. The summed E-state index contributed by atoms with van der Waals surface area (Å²) in [5.41, 5.74) is 7.77. The lowest BCUT2D eigenvalue weighted by atomic mass is 9.87. The topological polar surface area (TPSA) is 43.8 Å². The van der Waals surface area contributed by atoms with Crippen LogP contribution in [0.3, 0.4) is 0 Å². The maximum absolute atomic E-state index is 13.8. The summed E-state index contributed by atoms with van der Waals surface area (Å²) in [5.74, 6) is 0.205. The van der Waals surface area contributed by atoms with E-state index in [0.29, 0.717) is 10.4 Å². The number of aromatic nitrogens is 2. The predicted molar refractivity (Wildman–Crippen MR) is 78.5 cm³/mol. The molecule has 2 aromatic rings. The van der Waals surface area contributed by atoms with E-state index in [9.17, 15) is 4.39 Å². The minimum Gasteiger partial charge on any atom is -0.369 e. The third-order valence-corrected chi connectivity index (χ3v) is 4.88. The van der Waals surface area contributed by atoms with Gasteiger partial charge in [-0.05, 0) is 40.3 Å². The standard InChI is InChI=1S/C14H17BrFN3/c1-14(2)5-3-4-12(14)19-11-7-9(16)8(15)6-10(11)18-13(19)17/h6-7,12H,3-5H2,1-2H3,(H2,17,18). The fourth-order valence-electron chi connectivity index (χ4n) is 3.22. The molecule has 5 heteroatoms. The number of anilines is 1. The van der Waals surface area contributed by atoms with Gasteiger partial charge in [-0.25, -0.2) is 9.37 Å². The highest BCUT2D eigenvalue weighted by Gasteiger charge is 2.37. The molecule has 0 amide bonds. The molecule has 3 rings (SSSR count). The molecule has 1 fully saturated rings. The fourth-order valence-corrected chi connectivity index (χ4v) is 3.55. The van der Waals surface area contributed by atoms with Gasteiger partial charge >= 0.3 is 0 Å². The molecule has 2 N–H and O–H groups in total. The molecule has 1 aliphatic rings. The van der Waals surface area contributed by atoms with E-state index in [1.807, 2.05) is 4.57 Å². The first-order valence-electron chi connectivity index (χ1n) is 6.52. The van der Waals surface area contributed by atoms with Crippen molar-refractivity contribution in [1.82, 2.24) is 9.55 Å². The Labute approximate surface area is 120 Å². The Balaban J connectivity index is 2.23. The highest BCUT2D eigenvalue weighted by atomic mass is 79.9. The molecule has 0 bridgehead atoms. The first-order chi connectivity index (χ1) is 8.90. The van der Waals surface area contributed by atoms with E-state index in [1.54, 1.807) is 6.07 Å². The molecule has 0 aliphatic heterocycles. The molecule has 1 unspecified atom stereocenters. The van der Waals surface area contributed by atoms with E-state index in [-0.39, 0.29) is 17.3 Å². The Morgan fingerprint density at radius 1 is 1.47 bits per heavy atom. The summed E-state index contributed by atoms with van der Waals surface area (Å²) in [7, 11) is 0. The van der Waals surface area contributed by atoms with Crippen LogP contribution in [0.2, 0.25) is 0 Å². The van der Waals surface area contributed by atoms with Gasteiger partial charge in [0.2, 0.25) is 5.95 Å². The van der Waals surface area contributed by atoms with Crippen LogP contribution in [0.1, 0.15) is 39.2 Å². The molecule has 1 aromatic carbocycles. The predicted octanol–water partition coefficient (Wildman–Crippen LogP) is 4.27. The zero-order valence-corrected chi connectivity index (χ0v) is 12.7. The van der Waals surface area contributed by atoms with Crippen molar-refractivity contribution in [3.05, 3.63) is 22.4 Å². The number of benzene rings is 1. The maximum Gasteiger partial charge on any atom is 0.201 e. The molecule has 0 spiro atoms. The number of hydrogen-bond acceptors (Lipinski definition) is 2. The van der Waals surface area contributed by atoms with Gasteiger partial charge in [-0.2, -0.15) is 0 Å². The van der Waals surface area contributed by atoms with Gasteiger partial charge < -0.3 is 10.3 Å². The molecule has 1 saturated carbocycles.